The molecule has 1 aliphatic heterocycles. The number of hydrogen-bond acceptors (Lipinski definition) is 8. The number of fused-ring (bicyclic) bond motifs is 1. The van der Waals surface area contributed by atoms with E-state index in [2.05, 4.69) is 30.9 Å². The van der Waals surface area contributed by atoms with Crippen LogP contribution >= 0.6 is 11.8 Å². The number of hydrogen-bond donors (Lipinski definition) is 4. The summed E-state index contributed by atoms with van der Waals surface area (Å²) in [7, 11) is 0. The molecule has 170 valence electrons. The summed E-state index contributed by atoms with van der Waals surface area (Å²) >= 11 is 1.43. The summed E-state index contributed by atoms with van der Waals surface area (Å²) in [6.45, 7) is 3.16. The predicted molar refractivity (Wildman–Crippen MR) is 126 cm³/mol. The van der Waals surface area contributed by atoms with Crippen molar-refractivity contribution in [3.63, 3.8) is 0 Å². The second-order valence-electron chi connectivity index (χ2n) is 7.91. The largest absolute Gasteiger partial charge is 0.395 e. The molecule has 0 unspecified atom stereocenters. The third-order valence-corrected chi connectivity index (χ3v) is 6.36. The molecule has 0 aliphatic carbocycles. The Bertz CT molecular complexity index is 1270. The van der Waals surface area contributed by atoms with Crippen LogP contribution in [0.1, 0.15) is 12.1 Å². The Kier molecular flexibility index (Phi) is 5.99. The first-order chi connectivity index (χ1) is 16.1. The molecule has 1 fully saturated rings. The van der Waals surface area contributed by atoms with Crippen molar-refractivity contribution in [2.24, 2.45) is 0 Å². The molecule has 4 heterocycles. The molecule has 4 N–H and O–H groups in total. The number of rotatable bonds is 8. The van der Waals surface area contributed by atoms with Crippen LogP contribution in [0.3, 0.4) is 0 Å². The molecule has 5 rings (SSSR count). The quantitative estimate of drug-likeness (QED) is 0.314. The van der Waals surface area contributed by atoms with Gasteiger partial charge in [-0.15, -0.1) is 5.10 Å². The number of carbonyl (C=O) groups is 1. The number of anilines is 3. The fourth-order valence-corrected chi connectivity index (χ4v) is 4.41. The number of nitrogens with one attached hydrogen (secondary N) is 3. The smallest absolute Gasteiger partial charge is 0.238 e. The van der Waals surface area contributed by atoms with E-state index >= 15 is 0 Å². The summed E-state index contributed by atoms with van der Waals surface area (Å²) in [6, 6.07) is 13.4. The van der Waals surface area contributed by atoms with Gasteiger partial charge in [-0.2, -0.15) is 5.10 Å². The molecule has 1 aromatic carbocycles. The molecule has 33 heavy (non-hydrogen) atoms. The monoisotopic (exact) mass is 464 g/mol. The van der Waals surface area contributed by atoms with Gasteiger partial charge in [0.2, 0.25) is 11.1 Å². The van der Waals surface area contributed by atoms with Gasteiger partial charge in [0.05, 0.1) is 13.2 Å². The Morgan fingerprint density at radius 3 is 2.85 bits per heavy atom. The molecule has 0 spiro atoms. The van der Waals surface area contributed by atoms with Gasteiger partial charge in [0.1, 0.15) is 5.52 Å². The van der Waals surface area contributed by atoms with Gasteiger partial charge in [-0.1, -0.05) is 0 Å². The fourth-order valence-electron chi connectivity index (χ4n) is 3.66. The maximum atomic E-state index is 12.3. The SMILES string of the molecule is Cc1cc(Nc2nc(Sc3ccc(NC(=O)CN4CC[C@H]4CO)cc3)nn3cccc23)n[nH]1. The summed E-state index contributed by atoms with van der Waals surface area (Å²) in [5.41, 5.74) is 2.53. The van der Waals surface area contributed by atoms with Gasteiger partial charge in [0, 0.05) is 41.1 Å². The highest BCUT2D eigenvalue weighted by Gasteiger charge is 2.28. The normalized spacial score (nSPS) is 16.0. The van der Waals surface area contributed by atoms with Crippen LogP contribution in [-0.2, 0) is 4.79 Å². The minimum atomic E-state index is -0.0840. The maximum absolute atomic E-state index is 12.3. The van der Waals surface area contributed by atoms with Crippen molar-refractivity contribution in [1.29, 1.82) is 0 Å². The Morgan fingerprint density at radius 2 is 2.15 bits per heavy atom. The van der Waals surface area contributed by atoms with E-state index in [1.54, 1.807) is 4.52 Å². The van der Waals surface area contributed by atoms with Crippen molar-refractivity contribution in [2.45, 2.75) is 29.4 Å². The van der Waals surface area contributed by atoms with E-state index in [1.165, 1.54) is 11.8 Å². The van der Waals surface area contributed by atoms with Gasteiger partial charge in [-0.3, -0.25) is 14.8 Å². The van der Waals surface area contributed by atoms with E-state index in [1.807, 2.05) is 60.5 Å². The minimum Gasteiger partial charge on any atom is -0.395 e. The van der Waals surface area contributed by atoms with Crippen LogP contribution < -0.4 is 10.6 Å². The number of aliphatic hydroxyl groups excluding tert-OH is 1. The summed E-state index contributed by atoms with van der Waals surface area (Å²) in [4.78, 5) is 19.9. The molecule has 0 saturated carbocycles. The van der Waals surface area contributed by atoms with Crippen LogP contribution in [0.15, 0.2) is 58.7 Å². The van der Waals surface area contributed by atoms with E-state index in [9.17, 15) is 9.90 Å². The van der Waals surface area contributed by atoms with Crippen LogP contribution in [0.4, 0.5) is 17.3 Å². The van der Waals surface area contributed by atoms with E-state index in [-0.39, 0.29) is 25.1 Å². The molecule has 10 nitrogen and oxygen atoms in total. The molecule has 0 radical (unpaired) electrons. The molecule has 1 amide bonds. The highest BCUT2D eigenvalue weighted by molar-refractivity contribution is 7.99. The number of aliphatic hydroxyl groups is 1. The lowest BCUT2D eigenvalue weighted by atomic mass is 10.0. The molecule has 11 heteroatoms. The number of nitrogens with zero attached hydrogens (tertiary/aromatic N) is 5. The fraction of sp³-hybridized carbons (Fsp3) is 0.273. The Morgan fingerprint density at radius 1 is 1.30 bits per heavy atom. The molecule has 1 aliphatic rings. The summed E-state index contributed by atoms with van der Waals surface area (Å²) < 4.78 is 1.78. The molecule has 1 atom stereocenters. The van der Waals surface area contributed by atoms with E-state index in [0.29, 0.717) is 16.8 Å². The Balaban J connectivity index is 1.26. The van der Waals surface area contributed by atoms with Crippen LogP contribution in [-0.4, -0.2) is 66.4 Å². The average Bonchev–Trinajstić information content (AvgIpc) is 3.42. The van der Waals surface area contributed by atoms with Gasteiger partial charge >= 0.3 is 0 Å². The van der Waals surface area contributed by atoms with Gasteiger partial charge in [0.25, 0.3) is 0 Å². The lowest BCUT2D eigenvalue weighted by Gasteiger charge is -2.39. The zero-order chi connectivity index (χ0) is 22.8. The van der Waals surface area contributed by atoms with E-state index in [0.717, 1.165) is 34.8 Å². The predicted octanol–water partition coefficient (Wildman–Crippen LogP) is 2.66. The van der Waals surface area contributed by atoms with Gasteiger partial charge in [-0.25, -0.2) is 9.50 Å². The number of aromatic amines is 1. The molecule has 0 bridgehead atoms. The van der Waals surface area contributed by atoms with Crippen LogP contribution in [0.5, 0.6) is 0 Å². The van der Waals surface area contributed by atoms with E-state index < -0.39 is 0 Å². The van der Waals surface area contributed by atoms with Gasteiger partial charge in [0.15, 0.2) is 11.6 Å². The number of aryl methyl sites for hydroxylation is 1. The van der Waals surface area contributed by atoms with Crippen molar-refractivity contribution < 1.29 is 9.90 Å². The maximum Gasteiger partial charge on any atom is 0.238 e. The second kappa shape index (κ2) is 9.22. The highest BCUT2D eigenvalue weighted by atomic mass is 32.2. The number of amides is 1. The zero-order valence-corrected chi connectivity index (χ0v) is 18.8. The van der Waals surface area contributed by atoms with Gasteiger partial charge in [-0.05, 0) is 61.5 Å². The van der Waals surface area contributed by atoms with E-state index in [4.69, 9.17) is 0 Å². The molecule has 4 aromatic rings. The molecule has 1 saturated heterocycles. The van der Waals surface area contributed by atoms with Crippen molar-refractivity contribution >= 4 is 40.5 Å². The Hall–Kier alpha value is -3.41. The lowest BCUT2D eigenvalue weighted by molar-refractivity contribution is -0.119. The van der Waals surface area contributed by atoms with Crippen LogP contribution in [0.25, 0.3) is 5.52 Å². The topological polar surface area (TPSA) is 123 Å². The summed E-state index contributed by atoms with van der Waals surface area (Å²) in [5.74, 6) is 1.27. The van der Waals surface area contributed by atoms with Crippen molar-refractivity contribution in [2.75, 3.05) is 30.3 Å². The lowest BCUT2D eigenvalue weighted by Crippen LogP contribution is -2.52. The van der Waals surface area contributed by atoms with Crippen molar-refractivity contribution in [1.82, 2.24) is 29.7 Å². The minimum absolute atomic E-state index is 0.0840. The third-order valence-electron chi connectivity index (χ3n) is 5.49. The summed E-state index contributed by atoms with van der Waals surface area (Å²) in [5, 5.41) is 27.7. The first-order valence-corrected chi connectivity index (χ1v) is 11.5. The zero-order valence-electron chi connectivity index (χ0n) is 18.0. The number of benzene rings is 1. The van der Waals surface area contributed by atoms with Crippen LogP contribution in [0.2, 0.25) is 0 Å². The third kappa shape index (κ3) is 4.85. The summed E-state index contributed by atoms with van der Waals surface area (Å²) in [6.07, 6.45) is 2.81. The number of carbonyl (C=O) groups excluding carboxylic acids is 1. The second-order valence-corrected chi connectivity index (χ2v) is 8.95. The standard InChI is InChI=1S/C22H24N8O2S/c1-14-11-19(27-26-14)24-21-18-3-2-9-30(18)28-22(25-21)33-17-6-4-15(5-7-17)23-20(32)12-29-10-8-16(29)13-31/h2-7,9,11,16,31H,8,10,12-13H2,1H3,(H,23,32)(H2,24,25,26,27,28)/t16-/m0/s1. The first kappa shape index (κ1) is 21.4. The van der Waals surface area contributed by atoms with Crippen molar-refractivity contribution in [3.8, 4) is 0 Å². The highest BCUT2D eigenvalue weighted by Crippen LogP contribution is 2.29. The number of aromatic nitrogens is 5. The number of likely N-dealkylation sites (tertiary alicyclic amines) is 1. The molecular formula is C22H24N8O2S. The molecular weight excluding hydrogens is 440 g/mol. The first-order valence-electron chi connectivity index (χ1n) is 10.6. The molecule has 3 aromatic heterocycles. The Labute approximate surface area is 194 Å². The number of H-pyrrole nitrogens is 1. The van der Waals surface area contributed by atoms with Crippen LogP contribution in [0, 0.1) is 6.92 Å². The average molecular weight is 465 g/mol. The van der Waals surface area contributed by atoms with Gasteiger partial charge < -0.3 is 15.7 Å². The van der Waals surface area contributed by atoms with Crippen molar-refractivity contribution in [3.05, 3.63) is 54.4 Å².